The van der Waals surface area contributed by atoms with Gasteiger partial charge in [-0.2, -0.15) is 0 Å². The van der Waals surface area contributed by atoms with Crippen molar-refractivity contribution in [3.05, 3.63) is 58.7 Å². The van der Waals surface area contributed by atoms with Gasteiger partial charge in [0, 0.05) is 0 Å². The number of benzene rings is 2. The Morgan fingerprint density at radius 2 is 1.29 bits per heavy atom. The standard InChI is InChI=1S/C14H22O.C8H10O/c1-3-4-5-6-7-8-13-9-10-14(15)12(2)11-13;1-6-3-4-8(9)7(2)5-6/h9-11,15H,3-8H2,1-2H3;3-5,9H,1-2H3. The zero-order valence-corrected chi connectivity index (χ0v) is 15.6. The second kappa shape index (κ2) is 10.7. The molecule has 0 saturated heterocycles. The third-order valence-electron chi connectivity index (χ3n) is 4.18. The lowest BCUT2D eigenvalue weighted by atomic mass is 10.0. The molecule has 0 spiro atoms. The largest absolute Gasteiger partial charge is 0.508 e. The maximum absolute atomic E-state index is 9.39. The maximum Gasteiger partial charge on any atom is 0.118 e. The molecule has 2 aromatic rings. The summed E-state index contributed by atoms with van der Waals surface area (Å²) < 4.78 is 0. The minimum absolute atomic E-state index is 0.376. The van der Waals surface area contributed by atoms with Crippen molar-refractivity contribution < 1.29 is 10.2 Å². The molecule has 132 valence electrons. The van der Waals surface area contributed by atoms with Crippen LogP contribution in [0.15, 0.2) is 36.4 Å². The van der Waals surface area contributed by atoms with Crippen LogP contribution in [0.3, 0.4) is 0 Å². The van der Waals surface area contributed by atoms with Crippen molar-refractivity contribution in [1.29, 1.82) is 0 Å². The molecule has 2 heteroatoms. The van der Waals surface area contributed by atoms with Crippen LogP contribution in [0.5, 0.6) is 11.5 Å². The molecule has 24 heavy (non-hydrogen) atoms. The number of phenols is 2. The van der Waals surface area contributed by atoms with Gasteiger partial charge in [-0.25, -0.2) is 0 Å². The number of unbranched alkanes of at least 4 members (excludes halogenated alkanes) is 4. The molecule has 0 heterocycles. The van der Waals surface area contributed by atoms with Crippen molar-refractivity contribution in [2.75, 3.05) is 0 Å². The van der Waals surface area contributed by atoms with Crippen LogP contribution in [-0.2, 0) is 6.42 Å². The topological polar surface area (TPSA) is 40.5 Å². The molecule has 0 aliphatic carbocycles. The summed E-state index contributed by atoms with van der Waals surface area (Å²) in [5, 5.41) is 18.4. The molecule has 0 atom stereocenters. The lowest BCUT2D eigenvalue weighted by molar-refractivity contribution is 0.470. The van der Waals surface area contributed by atoms with Crippen LogP contribution in [-0.4, -0.2) is 10.2 Å². The Morgan fingerprint density at radius 1 is 0.708 bits per heavy atom. The van der Waals surface area contributed by atoms with Gasteiger partial charge in [0.1, 0.15) is 11.5 Å². The average molecular weight is 328 g/mol. The first-order valence-electron chi connectivity index (χ1n) is 8.98. The SMILES string of the molecule is CCCCCCCc1ccc(O)c(C)c1.Cc1ccc(O)c(C)c1. The van der Waals surface area contributed by atoms with Crippen molar-refractivity contribution >= 4 is 0 Å². The predicted molar refractivity (Wildman–Crippen MR) is 103 cm³/mol. The van der Waals surface area contributed by atoms with E-state index in [4.69, 9.17) is 5.11 Å². The van der Waals surface area contributed by atoms with Gasteiger partial charge in [0.2, 0.25) is 0 Å². The number of rotatable bonds is 6. The molecule has 0 amide bonds. The smallest absolute Gasteiger partial charge is 0.118 e. The van der Waals surface area contributed by atoms with Gasteiger partial charge in [0.05, 0.1) is 0 Å². The van der Waals surface area contributed by atoms with Crippen molar-refractivity contribution in [2.45, 2.75) is 66.2 Å². The molecular weight excluding hydrogens is 296 g/mol. The third-order valence-corrected chi connectivity index (χ3v) is 4.18. The quantitative estimate of drug-likeness (QED) is 0.618. The molecule has 0 radical (unpaired) electrons. The normalized spacial score (nSPS) is 10.2. The number of aryl methyl sites for hydroxylation is 4. The molecule has 0 aromatic heterocycles. The average Bonchev–Trinajstić information content (AvgIpc) is 2.55. The Morgan fingerprint density at radius 3 is 1.83 bits per heavy atom. The Bertz CT molecular complexity index is 617. The molecule has 0 aliphatic heterocycles. The summed E-state index contributed by atoms with van der Waals surface area (Å²) in [6, 6.07) is 11.5. The summed E-state index contributed by atoms with van der Waals surface area (Å²) >= 11 is 0. The van der Waals surface area contributed by atoms with Crippen LogP contribution in [0.25, 0.3) is 0 Å². The van der Waals surface area contributed by atoms with Crippen LogP contribution in [0, 0.1) is 20.8 Å². The molecule has 2 rings (SSSR count). The van der Waals surface area contributed by atoms with Crippen molar-refractivity contribution in [3.63, 3.8) is 0 Å². The van der Waals surface area contributed by atoms with E-state index in [9.17, 15) is 5.11 Å². The summed E-state index contributed by atoms with van der Waals surface area (Å²) in [7, 11) is 0. The zero-order valence-electron chi connectivity index (χ0n) is 15.6. The Balaban J connectivity index is 0.000000272. The Labute approximate surface area is 147 Å². The van der Waals surface area contributed by atoms with E-state index in [0.717, 1.165) is 17.5 Å². The van der Waals surface area contributed by atoms with Gasteiger partial charge < -0.3 is 10.2 Å². The molecule has 0 aliphatic rings. The molecule has 2 nitrogen and oxygen atoms in total. The first kappa shape index (κ1) is 20.1. The Hall–Kier alpha value is -1.96. The molecule has 0 saturated carbocycles. The second-order valence-electron chi connectivity index (χ2n) is 6.57. The van der Waals surface area contributed by atoms with E-state index in [-0.39, 0.29) is 0 Å². The monoisotopic (exact) mass is 328 g/mol. The summed E-state index contributed by atoms with van der Waals surface area (Å²) in [6.45, 7) is 8.09. The second-order valence-corrected chi connectivity index (χ2v) is 6.57. The van der Waals surface area contributed by atoms with Gasteiger partial charge in [0.25, 0.3) is 0 Å². The molecule has 2 N–H and O–H groups in total. The predicted octanol–water partition coefficient (Wildman–Crippen LogP) is 6.22. The highest BCUT2D eigenvalue weighted by Crippen LogP contribution is 2.18. The molecule has 0 unspecified atom stereocenters. The molecule has 2 aromatic carbocycles. The van der Waals surface area contributed by atoms with Gasteiger partial charge in [-0.1, -0.05) is 62.4 Å². The third kappa shape index (κ3) is 7.54. The number of phenolic OH excluding ortho intramolecular Hbond substituents is 2. The highest BCUT2D eigenvalue weighted by molar-refractivity contribution is 5.35. The first-order chi connectivity index (χ1) is 11.4. The van der Waals surface area contributed by atoms with Crippen molar-refractivity contribution in [2.24, 2.45) is 0 Å². The summed E-state index contributed by atoms with van der Waals surface area (Å²) in [4.78, 5) is 0. The van der Waals surface area contributed by atoms with E-state index in [1.54, 1.807) is 12.1 Å². The minimum Gasteiger partial charge on any atom is -0.508 e. The van der Waals surface area contributed by atoms with E-state index in [1.165, 1.54) is 43.2 Å². The highest BCUT2D eigenvalue weighted by atomic mass is 16.3. The fourth-order valence-corrected chi connectivity index (χ4v) is 2.61. The first-order valence-corrected chi connectivity index (χ1v) is 8.98. The van der Waals surface area contributed by atoms with Gasteiger partial charge >= 0.3 is 0 Å². The number of hydrogen-bond donors (Lipinski definition) is 2. The minimum atomic E-state index is 0.376. The van der Waals surface area contributed by atoms with Crippen LogP contribution in [0.4, 0.5) is 0 Å². The van der Waals surface area contributed by atoms with E-state index in [2.05, 4.69) is 13.0 Å². The van der Waals surface area contributed by atoms with Gasteiger partial charge in [-0.3, -0.25) is 0 Å². The van der Waals surface area contributed by atoms with Gasteiger partial charge in [-0.05, 0) is 62.4 Å². The summed E-state index contributed by atoms with van der Waals surface area (Å²) in [6.07, 6.45) is 7.75. The highest BCUT2D eigenvalue weighted by Gasteiger charge is 1.98. The van der Waals surface area contributed by atoms with Crippen molar-refractivity contribution in [1.82, 2.24) is 0 Å². The fourth-order valence-electron chi connectivity index (χ4n) is 2.61. The fraction of sp³-hybridized carbons (Fsp3) is 0.455. The lowest BCUT2D eigenvalue weighted by Gasteiger charge is -2.04. The van der Waals surface area contributed by atoms with E-state index < -0.39 is 0 Å². The van der Waals surface area contributed by atoms with Gasteiger partial charge in [0.15, 0.2) is 0 Å². The maximum atomic E-state index is 9.39. The molecule has 0 fully saturated rings. The van der Waals surface area contributed by atoms with E-state index >= 15 is 0 Å². The Kier molecular flexibility index (Phi) is 8.99. The summed E-state index contributed by atoms with van der Waals surface area (Å²) in [5.74, 6) is 0.783. The lowest BCUT2D eigenvalue weighted by Crippen LogP contribution is -1.87. The number of hydrogen-bond acceptors (Lipinski definition) is 2. The number of aromatic hydroxyl groups is 2. The zero-order chi connectivity index (χ0) is 17.9. The van der Waals surface area contributed by atoms with E-state index in [0.29, 0.717) is 11.5 Å². The summed E-state index contributed by atoms with van der Waals surface area (Å²) in [5.41, 5.74) is 4.46. The van der Waals surface area contributed by atoms with Crippen LogP contribution in [0.1, 0.15) is 61.3 Å². The molecule has 0 bridgehead atoms. The van der Waals surface area contributed by atoms with Crippen LogP contribution >= 0.6 is 0 Å². The molecular formula is C22H32O2. The van der Waals surface area contributed by atoms with Crippen LogP contribution < -0.4 is 0 Å². The van der Waals surface area contributed by atoms with Gasteiger partial charge in [-0.15, -0.1) is 0 Å². The van der Waals surface area contributed by atoms with E-state index in [1.807, 2.05) is 39.0 Å². The van der Waals surface area contributed by atoms with Crippen LogP contribution in [0.2, 0.25) is 0 Å². The van der Waals surface area contributed by atoms with Crippen molar-refractivity contribution in [3.8, 4) is 11.5 Å².